The molecule has 2 N–H and O–H groups in total. The maximum atomic E-state index is 10.7. The summed E-state index contributed by atoms with van der Waals surface area (Å²) in [4.78, 5) is 10.2. The molecule has 8 heteroatoms. The molecule has 0 fully saturated rings. The molecule has 0 unspecified atom stereocenters. The van der Waals surface area contributed by atoms with Crippen LogP contribution in [0.25, 0.3) is 0 Å². The normalized spacial score (nSPS) is 10.1. The van der Waals surface area contributed by atoms with E-state index in [-0.39, 0.29) is 23.1 Å². The van der Waals surface area contributed by atoms with Gasteiger partial charge in [0.25, 0.3) is 5.69 Å². The van der Waals surface area contributed by atoms with Gasteiger partial charge < -0.3 is 10.5 Å². The Bertz CT molecular complexity index is 588. The highest BCUT2D eigenvalue weighted by Gasteiger charge is 2.10. The van der Waals surface area contributed by atoms with Crippen LogP contribution in [-0.4, -0.2) is 15.1 Å². The van der Waals surface area contributed by atoms with Crippen LogP contribution in [0.2, 0.25) is 0 Å². The maximum Gasteiger partial charge on any atom is 0.274 e. The predicted molar refractivity (Wildman–Crippen MR) is 67.3 cm³/mol. The van der Waals surface area contributed by atoms with E-state index in [1.54, 1.807) is 6.07 Å². The quantitative estimate of drug-likeness (QED) is 0.690. The Kier molecular flexibility index (Phi) is 3.38. The number of nitro benzene ring substituents is 1. The second-order valence-electron chi connectivity index (χ2n) is 3.30. The number of nitrogen functional groups attached to an aromatic ring is 1. The van der Waals surface area contributed by atoms with Gasteiger partial charge in [-0.3, -0.25) is 10.1 Å². The lowest BCUT2D eigenvalue weighted by Gasteiger charge is -2.04. The van der Waals surface area contributed by atoms with Crippen molar-refractivity contribution in [3.05, 3.63) is 44.9 Å². The van der Waals surface area contributed by atoms with Crippen LogP contribution >= 0.6 is 15.9 Å². The molecule has 0 atom stereocenters. The number of non-ortho nitro benzene ring substituents is 1. The van der Waals surface area contributed by atoms with Crippen molar-refractivity contribution in [2.45, 2.75) is 0 Å². The van der Waals surface area contributed by atoms with Crippen molar-refractivity contribution >= 4 is 27.4 Å². The van der Waals surface area contributed by atoms with Gasteiger partial charge in [-0.2, -0.15) is 0 Å². The van der Waals surface area contributed by atoms with E-state index in [0.717, 1.165) is 0 Å². The lowest BCUT2D eigenvalue weighted by molar-refractivity contribution is -0.385. The number of anilines is 1. The molecule has 0 saturated heterocycles. The Labute approximate surface area is 110 Å². The first-order chi connectivity index (χ1) is 8.54. The van der Waals surface area contributed by atoms with Crippen molar-refractivity contribution in [2.24, 2.45) is 0 Å². The summed E-state index contributed by atoms with van der Waals surface area (Å²) in [5.74, 6) is 0.759. The highest BCUT2D eigenvalue weighted by atomic mass is 79.9. The summed E-state index contributed by atoms with van der Waals surface area (Å²) < 4.78 is 5.88. The van der Waals surface area contributed by atoms with Crippen LogP contribution in [0.5, 0.6) is 11.6 Å². The summed E-state index contributed by atoms with van der Waals surface area (Å²) in [6.07, 6.45) is 0. The number of aromatic nitrogens is 2. The fourth-order valence-electron chi connectivity index (χ4n) is 1.22. The Morgan fingerprint density at radius 3 is 2.67 bits per heavy atom. The average molecular weight is 311 g/mol. The van der Waals surface area contributed by atoms with Gasteiger partial charge in [-0.15, -0.1) is 10.2 Å². The number of rotatable bonds is 3. The molecule has 18 heavy (non-hydrogen) atoms. The molecule has 1 aromatic heterocycles. The SMILES string of the molecule is Nc1ccc(Oc2cc(Br)cc([N+](=O)[O-])c2)nn1. The van der Waals surface area contributed by atoms with E-state index in [1.807, 2.05) is 0 Å². The number of ether oxygens (including phenoxy) is 1. The van der Waals surface area contributed by atoms with Crippen molar-refractivity contribution in [3.8, 4) is 11.6 Å². The Hall–Kier alpha value is -2.22. The fourth-order valence-corrected chi connectivity index (χ4v) is 1.68. The molecule has 92 valence electrons. The molecular weight excluding hydrogens is 304 g/mol. The van der Waals surface area contributed by atoms with E-state index in [2.05, 4.69) is 26.1 Å². The Morgan fingerprint density at radius 2 is 2.06 bits per heavy atom. The van der Waals surface area contributed by atoms with Crippen LogP contribution in [-0.2, 0) is 0 Å². The second kappa shape index (κ2) is 4.96. The van der Waals surface area contributed by atoms with Gasteiger partial charge >= 0.3 is 0 Å². The van der Waals surface area contributed by atoms with Gasteiger partial charge in [-0.05, 0) is 12.1 Å². The van der Waals surface area contributed by atoms with Gasteiger partial charge in [0, 0.05) is 16.6 Å². The third kappa shape index (κ3) is 2.92. The summed E-state index contributed by atoms with van der Waals surface area (Å²) in [5.41, 5.74) is 5.30. The van der Waals surface area contributed by atoms with Crippen LogP contribution in [0.1, 0.15) is 0 Å². The minimum Gasteiger partial charge on any atom is -0.437 e. The molecule has 7 nitrogen and oxygen atoms in total. The molecule has 0 bridgehead atoms. The van der Waals surface area contributed by atoms with Crippen molar-refractivity contribution in [1.29, 1.82) is 0 Å². The molecule has 2 rings (SSSR count). The summed E-state index contributed by atoms with van der Waals surface area (Å²) >= 11 is 3.17. The summed E-state index contributed by atoms with van der Waals surface area (Å²) in [7, 11) is 0. The third-order valence-corrected chi connectivity index (χ3v) is 2.41. The highest BCUT2D eigenvalue weighted by Crippen LogP contribution is 2.28. The molecule has 0 aliphatic carbocycles. The zero-order chi connectivity index (χ0) is 13.1. The van der Waals surface area contributed by atoms with Gasteiger partial charge in [-0.1, -0.05) is 15.9 Å². The molecule has 0 aliphatic rings. The standard InChI is InChI=1S/C10H7BrN4O3/c11-6-3-7(15(16)17)5-8(4-6)18-10-2-1-9(12)13-14-10/h1-5H,(H2,12,13). The minimum atomic E-state index is -0.508. The number of hydrogen-bond acceptors (Lipinski definition) is 6. The molecule has 1 aromatic carbocycles. The van der Waals surface area contributed by atoms with Crippen molar-refractivity contribution < 1.29 is 9.66 Å². The lowest BCUT2D eigenvalue weighted by Crippen LogP contribution is -1.95. The molecule has 0 radical (unpaired) electrons. The van der Waals surface area contributed by atoms with Gasteiger partial charge in [-0.25, -0.2) is 0 Å². The summed E-state index contributed by atoms with van der Waals surface area (Å²) in [5, 5.41) is 18.0. The smallest absolute Gasteiger partial charge is 0.274 e. The van der Waals surface area contributed by atoms with E-state index >= 15 is 0 Å². The molecule has 0 spiro atoms. The maximum absolute atomic E-state index is 10.7. The lowest BCUT2D eigenvalue weighted by atomic mass is 10.3. The fraction of sp³-hybridized carbons (Fsp3) is 0. The zero-order valence-corrected chi connectivity index (χ0v) is 10.5. The van der Waals surface area contributed by atoms with Crippen LogP contribution in [0.3, 0.4) is 0 Å². The molecule has 0 saturated carbocycles. The Balaban J connectivity index is 2.28. The van der Waals surface area contributed by atoms with E-state index < -0.39 is 4.92 Å². The summed E-state index contributed by atoms with van der Waals surface area (Å²) in [6.45, 7) is 0. The zero-order valence-electron chi connectivity index (χ0n) is 8.91. The molecule has 0 aliphatic heterocycles. The Morgan fingerprint density at radius 1 is 1.28 bits per heavy atom. The van der Waals surface area contributed by atoms with E-state index in [4.69, 9.17) is 10.5 Å². The van der Waals surface area contributed by atoms with Crippen LogP contribution in [0.15, 0.2) is 34.8 Å². The van der Waals surface area contributed by atoms with Crippen molar-refractivity contribution in [1.82, 2.24) is 10.2 Å². The topological polar surface area (TPSA) is 104 Å². The first-order valence-electron chi connectivity index (χ1n) is 4.76. The molecule has 2 aromatic rings. The summed E-state index contributed by atoms with van der Waals surface area (Å²) in [6, 6.07) is 7.30. The molecular formula is C10H7BrN4O3. The van der Waals surface area contributed by atoms with Crippen LogP contribution in [0, 0.1) is 10.1 Å². The number of nitrogens with zero attached hydrogens (tertiary/aromatic N) is 3. The second-order valence-corrected chi connectivity index (χ2v) is 4.22. The molecule has 1 heterocycles. The van der Waals surface area contributed by atoms with Gasteiger partial charge in [0.2, 0.25) is 5.88 Å². The average Bonchev–Trinajstić information content (AvgIpc) is 2.31. The largest absolute Gasteiger partial charge is 0.437 e. The minimum absolute atomic E-state index is 0.0808. The number of nitro groups is 1. The van der Waals surface area contributed by atoms with Crippen LogP contribution in [0.4, 0.5) is 11.5 Å². The van der Waals surface area contributed by atoms with Crippen molar-refractivity contribution in [2.75, 3.05) is 5.73 Å². The third-order valence-electron chi connectivity index (χ3n) is 1.95. The van der Waals surface area contributed by atoms with E-state index in [0.29, 0.717) is 4.47 Å². The first kappa shape index (κ1) is 12.2. The predicted octanol–water partition coefficient (Wildman–Crippen LogP) is 2.52. The van der Waals surface area contributed by atoms with Crippen LogP contribution < -0.4 is 10.5 Å². The number of benzene rings is 1. The number of hydrogen-bond donors (Lipinski definition) is 1. The van der Waals surface area contributed by atoms with Gasteiger partial charge in [0.1, 0.15) is 11.6 Å². The first-order valence-corrected chi connectivity index (χ1v) is 5.56. The van der Waals surface area contributed by atoms with E-state index in [9.17, 15) is 10.1 Å². The monoisotopic (exact) mass is 310 g/mol. The van der Waals surface area contributed by atoms with E-state index in [1.165, 1.54) is 24.3 Å². The highest BCUT2D eigenvalue weighted by molar-refractivity contribution is 9.10. The number of halogens is 1. The van der Waals surface area contributed by atoms with Gasteiger partial charge in [0.15, 0.2) is 0 Å². The van der Waals surface area contributed by atoms with Gasteiger partial charge in [0.05, 0.1) is 11.0 Å². The molecule has 0 amide bonds. The van der Waals surface area contributed by atoms with Crippen molar-refractivity contribution in [3.63, 3.8) is 0 Å². The number of nitrogens with two attached hydrogens (primary N) is 1.